The lowest BCUT2D eigenvalue weighted by Crippen LogP contribution is -2.27. The molecule has 0 spiro atoms. The zero-order valence-corrected chi connectivity index (χ0v) is 11.9. The molecule has 2 N–H and O–H groups in total. The van der Waals surface area contributed by atoms with Gasteiger partial charge < -0.3 is 15.0 Å². The first-order chi connectivity index (χ1) is 9.65. The number of ether oxygens (including phenoxy) is 1. The maximum absolute atomic E-state index is 11.8. The number of carbonyl (C=O) groups is 1. The summed E-state index contributed by atoms with van der Waals surface area (Å²) in [7, 11) is 0. The number of rotatable bonds is 6. The van der Waals surface area contributed by atoms with E-state index in [0.29, 0.717) is 30.6 Å². The van der Waals surface area contributed by atoms with Crippen LogP contribution in [0.2, 0.25) is 0 Å². The molecule has 0 radical (unpaired) electrons. The number of hydrogen-bond acceptors (Lipinski definition) is 3. The molecule has 2 rings (SSSR count). The van der Waals surface area contributed by atoms with Crippen LogP contribution in [0.5, 0.6) is 0 Å². The van der Waals surface area contributed by atoms with E-state index in [1.54, 1.807) is 6.92 Å². The van der Waals surface area contributed by atoms with Crippen LogP contribution in [-0.2, 0) is 4.74 Å². The summed E-state index contributed by atoms with van der Waals surface area (Å²) in [6, 6.07) is 2.78. The van der Waals surface area contributed by atoms with E-state index in [1.807, 2.05) is 0 Å². The fraction of sp³-hybridized carbons (Fsp3) is 0.600. The van der Waals surface area contributed by atoms with Crippen molar-refractivity contribution in [2.75, 3.05) is 13.2 Å². The van der Waals surface area contributed by atoms with Crippen molar-refractivity contribution in [3.8, 4) is 0 Å². The SMILES string of the molecule is Cc1cc(=O)cc(C(=O)NCCCOC2CCCC2)[nH]1. The van der Waals surface area contributed by atoms with Crippen molar-refractivity contribution in [2.24, 2.45) is 0 Å². The molecule has 1 aliphatic rings. The standard InChI is InChI=1S/C15H22N2O3/c1-11-9-12(18)10-14(17-11)15(19)16-7-4-8-20-13-5-2-3-6-13/h9-10,13H,2-8H2,1H3,(H,16,19)(H,17,18). The minimum absolute atomic E-state index is 0.157. The largest absolute Gasteiger partial charge is 0.378 e. The summed E-state index contributed by atoms with van der Waals surface area (Å²) in [5.41, 5.74) is 0.842. The molecule has 1 aliphatic carbocycles. The fourth-order valence-corrected chi connectivity index (χ4v) is 2.48. The van der Waals surface area contributed by atoms with Crippen LogP contribution in [0.25, 0.3) is 0 Å². The monoisotopic (exact) mass is 278 g/mol. The number of nitrogens with one attached hydrogen (secondary N) is 2. The predicted molar refractivity (Wildman–Crippen MR) is 77.0 cm³/mol. The topological polar surface area (TPSA) is 71.2 Å². The zero-order valence-electron chi connectivity index (χ0n) is 11.9. The average Bonchev–Trinajstić information content (AvgIpc) is 2.90. The fourth-order valence-electron chi connectivity index (χ4n) is 2.48. The third-order valence-electron chi connectivity index (χ3n) is 3.48. The first kappa shape index (κ1) is 14.8. The summed E-state index contributed by atoms with van der Waals surface area (Å²) < 4.78 is 5.72. The Labute approximate surface area is 118 Å². The van der Waals surface area contributed by atoms with Gasteiger partial charge >= 0.3 is 0 Å². The molecular formula is C15H22N2O3. The number of aromatic amines is 1. The van der Waals surface area contributed by atoms with E-state index in [0.717, 1.165) is 19.3 Å². The second kappa shape index (κ2) is 7.24. The van der Waals surface area contributed by atoms with Crippen LogP contribution in [0.4, 0.5) is 0 Å². The summed E-state index contributed by atoms with van der Waals surface area (Å²) in [6.45, 7) is 2.99. The van der Waals surface area contributed by atoms with Crippen molar-refractivity contribution in [1.29, 1.82) is 0 Å². The molecule has 0 aromatic carbocycles. The normalized spacial score (nSPS) is 15.4. The highest BCUT2D eigenvalue weighted by Gasteiger charge is 2.14. The van der Waals surface area contributed by atoms with Crippen LogP contribution in [0.1, 0.15) is 48.3 Å². The van der Waals surface area contributed by atoms with E-state index in [1.165, 1.54) is 25.0 Å². The van der Waals surface area contributed by atoms with E-state index in [4.69, 9.17) is 4.74 Å². The molecule has 0 atom stereocenters. The Kier molecular flexibility index (Phi) is 5.35. The molecule has 0 bridgehead atoms. The van der Waals surface area contributed by atoms with Crippen LogP contribution >= 0.6 is 0 Å². The maximum Gasteiger partial charge on any atom is 0.267 e. The van der Waals surface area contributed by atoms with Gasteiger partial charge in [-0.2, -0.15) is 0 Å². The quantitative estimate of drug-likeness (QED) is 0.779. The Bertz CT molecular complexity index is 504. The lowest BCUT2D eigenvalue weighted by atomic mass is 10.3. The number of hydrogen-bond donors (Lipinski definition) is 2. The molecule has 1 saturated carbocycles. The first-order valence-electron chi connectivity index (χ1n) is 7.26. The number of H-pyrrole nitrogens is 1. The number of pyridine rings is 1. The van der Waals surface area contributed by atoms with Gasteiger partial charge in [0.2, 0.25) is 0 Å². The van der Waals surface area contributed by atoms with Crippen molar-refractivity contribution in [1.82, 2.24) is 10.3 Å². The number of amides is 1. The van der Waals surface area contributed by atoms with Gasteiger partial charge in [0.1, 0.15) is 5.69 Å². The van der Waals surface area contributed by atoms with Crippen molar-refractivity contribution >= 4 is 5.91 Å². The highest BCUT2D eigenvalue weighted by molar-refractivity contribution is 5.92. The Morgan fingerprint density at radius 1 is 1.40 bits per heavy atom. The molecule has 5 heteroatoms. The third kappa shape index (κ3) is 4.49. The maximum atomic E-state index is 11.8. The highest BCUT2D eigenvalue weighted by Crippen LogP contribution is 2.20. The van der Waals surface area contributed by atoms with Crippen LogP contribution in [-0.4, -0.2) is 30.1 Å². The van der Waals surface area contributed by atoms with Gasteiger partial charge in [-0.15, -0.1) is 0 Å². The van der Waals surface area contributed by atoms with Gasteiger partial charge in [-0.3, -0.25) is 9.59 Å². The lowest BCUT2D eigenvalue weighted by Gasteiger charge is -2.11. The minimum Gasteiger partial charge on any atom is -0.378 e. The van der Waals surface area contributed by atoms with E-state index >= 15 is 0 Å². The van der Waals surface area contributed by atoms with Crippen LogP contribution in [0.3, 0.4) is 0 Å². The lowest BCUT2D eigenvalue weighted by molar-refractivity contribution is 0.0565. The summed E-state index contributed by atoms with van der Waals surface area (Å²) in [5, 5.41) is 2.79. The average molecular weight is 278 g/mol. The minimum atomic E-state index is -0.244. The Morgan fingerprint density at radius 2 is 2.15 bits per heavy atom. The third-order valence-corrected chi connectivity index (χ3v) is 3.48. The second-order valence-corrected chi connectivity index (χ2v) is 5.30. The smallest absolute Gasteiger partial charge is 0.267 e. The van der Waals surface area contributed by atoms with Crippen LogP contribution in [0, 0.1) is 6.92 Å². The predicted octanol–water partition coefficient (Wildman–Crippen LogP) is 1.76. The van der Waals surface area contributed by atoms with Crippen LogP contribution in [0.15, 0.2) is 16.9 Å². The molecular weight excluding hydrogens is 256 g/mol. The Hall–Kier alpha value is -1.62. The zero-order chi connectivity index (χ0) is 14.4. The molecule has 1 amide bonds. The van der Waals surface area contributed by atoms with Crippen molar-refractivity contribution in [3.63, 3.8) is 0 Å². The molecule has 1 aromatic heterocycles. The molecule has 110 valence electrons. The second-order valence-electron chi connectivity index (χ2n) is 5.30. The van der Waals surface area contributed by atoms with Gasteiger partial charge in [0.05, 0.1) is 6.10 Å². The first-order valence-corrected chi connectivity index (χ1v) is 7.26. The summed E-state index contributed by atoms with van der Waals surface area (Å²) in [6.07, 6.45) is 6.06. The number of aryl methyl sites for hydroxylation is 1. The van der Waals surface area contributed by atoms with Gasteiger partial charge in [0, 0.05) is 31.0 Å². The van der Waals surface area contributed by atoms with E-state index < -0.39 is 0 Å². The Morgan fingerprint density at radius 3 is 2.85 bits per heavy atom. The van der Waals surface area contributed by atoms with Gasteiger partial charge in [0.15, 0.2) is 5.43 Å². The van der Waals surface area contributed by atoms with Gasteiger partial charge in [-0.05, 0) is 26.2 Å². The van der Waals surface area contributed by atoms with Gasteiger partial charge in [0.25, 0.3) is 5.91 Å². The van der Waals surface area contributed by atoms with Gasteiger partial charge in [-0.1, -0.05) is 12.8 Å². The van der Waals surface area contributed by atoms with Gasteiger partial charge in [-0.25, -0.2) is 0 Å². The number of aromatic nitrogens is 1. The summed E-state index contributed by atoms with van der Waals surface area (Å²) >= 11 is 0. The number of carbonyl (C=O) groups excluding carboxylic acids is 1. The summed E-state index contributed by atoms with van der Waals surface area (Å²) in [4.78, 5) is 26.1. The Balaban J connectivity index is 1.68. The van der Waals surface area contributed by atoms with E-state index in [2.05, 4.69) is 10.3 Å². The van der Waals surface area contributed by atoms with Crippen molar-refractivity contribution in [3.05, 3.63) is 33.7 Å². The van der Waals surface area contributed by atoms with Crippen molar-refractivity contribution in [2.45, 2.75) is 45.1 Å². The van der Waals surface area contributed by atoms with E-state index in [-0.39, 0.29) is 11.3 Å². The molecule has 1 aromatic rings. The molecule has 20 heavy (non-hydrogen) atoms. The molecule has 1 heterocycles. The highest BCUT2D eigenvalue weighted by atomic mass is 16.5. The van der Waals surface area contributed by atoms with E-state index in [9.17, 15) is 9.59 Å². The molecule has 1 fully saturated rings. The van der Waals surface area contributed by atoms with Crippen LogP contribution < -0.4 is 10.7 Å². The van der Waals surface area contributed by atoms with Crippen molar-refractivity contribution < 1.29 is 9.53 Å². The molecule has 5 nitrogen and oxygen atoms in total. The summed E-state index contributed by atoms with van der Waals surface area (Å²) in [5.74, 6) is -0.244. The molecule has 0 aliphatic heterocycles. The molecule has 0 saturated heterocycles. The molecule has 0 unspecified atom stereocenters.